The number of aliphatic hydroxyl groups excluding tert-OH is 2. The van der Waals surface area contributed by atoms with Crippen LogP contribution in [0.2, 0.25) is 0 Å². The lowest BCUT2D eigenvalue weighted by molar-refractivity contribution is -0.384. The van der Waals surface area contributed by atoms with Gasteiger partial charge in [0.15, 0.2) is 12.2 Å². The van der Waals surface area contributed by atoms with E-state index in [1.165, 1.54) is 31.4 Å². The van der Waals surface area contributed by atoms with Crippen molar-refractivity contribution in [3.63, 3.8) is 0 Å². The van der Waals surface area contributed by atoms with Crippen LogP contribution in [0, 0.1) is 10.1 Å². The number of non-ortho nitro benzene ring substituents is 1. The van der Waals surface area contributed by atoms with Crippen LogP contribution >= 0.6 is 0 Å². The summed E-state index contributed by atoms with van der Waals surface area (Å²) in [5.41, 5.74) is -0.143. The molecule has 1 heterocycles. The quantitative estimate of drug-likeness (QED) is 0.362. The highest BCUT2D eigenvalue weighted by atomic mass is 16.7. The number of methoxy groups -OCH3 is 1. The highest BCUT2D eigenvalue weighted by Crippen LogP contribution is 2.28. The van der Waals surface area contributed by atoms with Crippen LogP contribution in [0.1, 0.15) is 0 Å². The lowest BCUT2D eigenvalue weighted by atomic mass is 9.99. The first-order valence-corrected chi connectivity index (χ1v) is 7.15. The summed E-state index contributed by atoms with van der Waals surface area (Å²) in [6.07, 6.45) is -8.00. The molecule has 0 aliphatic carbocycles. The first kappa shape index (κ1) is 18.9. The Bertz CT molecular complexity index is 606. The fraction of sp³-hybridized carbons (Fsp3) is 0.500. The van der Waals surface area contributed by atoms with E-state index in [1.807, 2.05) is 0 Å². The third-order valence-electron chi connectivity index (χ3n) is 3.61. The van der Waals surface area contributed by atoms with E-state index >= 15 is 0 Å². The summed E-state index contributed by atoms with van der Waals surface area (Å²) in [5.74, 6) is 0.180. The Hall–Kier alpha value is -2.47. The maximum Gasteiger partial charge on any atom is 0.506 e. The van der Waals surface area contributed by atoms with Crippen molar-refractivity contribution in [3.8, 4) is 5.75 Å². The van der Waals surface area contributed by atoms with Crippen molar-refractivity contribution in [2.75, 3.05) is 13.7 Å². The zero-order chi connectivity index (χ0) is 18.6. The van der Waals surface area contributed by atoms with Crippen molar-refractivity contribution in [2.45, 2.75) is 30.7 Å². The highest BCUT2D eigenvalue weighted by Gasteiger charge is 2.49. The molecular formula is C14H17NO10. The smallest absolute Gasteiger partial charge is 0.462 e. The Morgan fingerprint density at radius 3 is 2.44 bits per heavy atom. The van der Waals surface area contributed by atoms with Crippen LogP contribution < -0.4 is 4.74 Å². The average Bonchev–Trinajstić information content (AvgIpc) is 2.57. The number of hydrogen-bond donors (Lipinski definition) is 3. The van der Waals surface area contributed by atoms with E-state index in [-0.39, 0.29) is 11.4 Å². The number of nitro groups is 1. The van der Waals surface area contributed by atoms with Gasteiger partial charge in [-0.25, -0.2) is 4.79 Å². The van der Waals surface area contributed by atoms with Crippen LogP contribution in [0.15, 0.2) is 24.3 Å². The van der Waals surface area contributed by atoms with Crippen LogP contribution in [0.4, 0.5) is 10.5 Å². The molecule has 5 atom stereocenters. The molecule has 1 fully saturated rings. The molecule has 25 heavy (non-hydrogen) atoms. The second kappa shape index (κ2) is 8.07. The monoisotopic (exact) mass is 359 g/mol. The van der Waals surface area contributed by atoms with Gasteiger partial charge in [-0.3, -0.25) is 10.1 Å². The molecule has 1 aliphatic rings. The summed E-state index contributed by atoms with van der Waals surface area (Å²) >= 11 is 0. The molecule has 1 aliphatic heterocycles. The third-order valence-corrected chi connectivity index (χ3v) is 3.61. The zero-order valence-corrected chi connectivity index (χ0v) is 13.0. The van der Waals surface area contributed by atoms with Crippen LogP contribution in [-0.2, 0) is 14.2 Å². The molecule has 0 radical (unpaired) electrons. The van der Waals surface area contributed by atoms with E-state index < -0.39 is 48.4 Å². The van der Waals surface area contributed by atoms with Gasteiger partial charge in [0.25, 0.3) is 5.69 Å². The Labute approximate surface area is 141 Å². The number of carbonyl (C=O) groups is 1. The number of rotatable bonds is 6. The molecule has 3 N–H and O–H groups in total. The first-order chi connectivity index (χ1) is 11.9. The maximum absolute atomic E-state index is 10.8. The lowest BCUT2D eigenvalue weighted by Crippen LogP contribution is -2.61. The topological polar surface area (TPSA) is 158 Å². The number of aliphatic hydroxyl groups is 2. The molecule has 1 saturated heterocycles. The summed E-state index contributed by atoms with van der Waals surface area (Å²) in [5, 5.41) is 38.8. The minimum Gasteiger partial charge on any atom is -0.462 e. The van der Waals surface area contributed by atoms with Gasteiger partial charge in [-0.2, -0.15) is 0 Å². The van der Waals surface area contributed by atoms with E-state index in [4.69, 9.17) is 19.3 Å². The van der Waals surface area contributed by atoms with Gasteiger partial charge in [0, 0.05) is 19.2 Å². The Morgan fingerprint density at radius 2 is 1.96 bits per heavy atom. The second-order valence-corrected chi connectivity index (χ2v) is 5.13. The maximum atomic E-state index is 10.8. The van der Waals surface area contributed by atoms with Crippen molar-refractivity contribution < 1.29 is 44.0 Å². The van der Waals surface area contributed by atoms with E-state index in [0.717, 1.165) is 0 Å². The number of ether oxygens (including phenoxy) is 4. The largest absolute Gasteiger partial charge is 0.506 e. The number of nitrogens with zero attached hydrogens (tertiary/aromatic N) is 1. The Morgan fingerprint density at radius 1 is 1.32 bits per heavy atom. The molecule has 0 saturated carbocycles. The Kier molecular flexibility index (Phi) is 6.09. The van der Waals surface area contributed by atoms with Crippen LogP contribution in [0.3, 0.4) is 0 Å². The van der Waals surface area contributed by atoms with Gasteiger partial charge in [0.1, 0.15) is 18.0 Å². The highest BCUT2D eigenvalue weighted by molar-refractivity contribution is 5.57. The van der Waals surface area contributed by atoms with Crippen molar-refractivity contribution >= 4 is 11.8 Å². The molecule has 0 unspecified atom stereocenters. The molecule has 0 spiro atoms. The van der Waals surface area contributed by atoms with Gasteiger partial charge >= 0.3 is 6.16 Å². The zero-order valence-electron chi connectivity index (χ0n) is 13.0. The van der Waals surface area contributed by atoms with Gasteiger partial charge in [-0.1, -0.05) is 0 Å². The van der Waals surface area contributed by atoms with Crippen LogP contribution in [-0.4, -0.2) is 70.8 Å². The molecule has 138 valence electrons. The lowest BCUT2D eigenvalue weighted by Gasteiger charge is -2.42. The van der Waals surface area contributed by atoms with Gasteiger partial charge in [-0.05, 0) is 12.1 Å². The first-order valence-electron chi connectivity index (χ1n) is 7.15. The molecule has 1 aromatic carbocycles. The van der Waals surface area contributed by atoms with Gasteiger partial charge < -0.3 is 34.3 Å². The van der Waals surface area contributed by atoms with E-state index in [1.54, 1.807) is 0 Å². The Balaban J connectivity index is 2.21. The number of carboxylic acid groups (broad SMARTS) is 1. The molecule has 0 aromatic heterocycles. The van der Waals surface area contributed by atoms with E-state index in [0.29, 0.717) is 0 Å². The van der Waals surface area contributed by atoms with Crippen molar-refractivity contribution in [3.05, 3.63) is 34.4 Å². The summed E-state index contributed by atoms with van der Waals surface area (Å²) in [6.45, 7) is -0.614. The van der Waals surface area contributed by atoms with E-state index in [9.17, 15) is 25.1 Å². The molecular weight excluding hydrogens is 342 g/mol. The molecule has 1 aromatic rings. The molecule has 0 amide bonds. The van der Waals surface area contributed by atoms with E-state index in [2.05, 4.69) is 4.74 Å². The summed E-state index contributed by atoms with van der Waals surface area (Å²) in [7, 11) is 1.24. The van der Waals surface area contributed by atoms with Crippen LogP contribution in [0.5, 0.6) is 5.75 Å². The summed E-state index contributed by atoms with van der Waals surface area (Å²) in [4.78, 5) is 20.9. The average molecular weight is 359 g/mol. The molecule has 0 bridgehead atoms. The predicted molar refractivity (Wildman–Crippen MR) is 79.2 cm³/mol. The summed E-state index contributed by atoms with van der Waals surface area (Å²) in [6, 6.07) is 5.06. The number of hydrogen-bond acceptors (Lipinski definition) is 9. The minimum atomic E-state index is -1.64. The van der Waals surface area contributed by atoms with Crippen molar-refractivity contribution in [1.82, 2.24) is 0 Å². The fourth-order valence-electron chi connectivity index (χ4n) is 2.42. The minimum absolute atomic E-state index is 0.143. The van der Waals surface area contributed by atoms with Gasteiger partial charge in [0.05, 0.1) is 11.5 Å². The molecule has 2 rings (SSSR count). The van der Waals surface area contributed by atoms with Crippen LogP contribution in [0.25, 0.3) is 0 Å². The van der Waals surface area contributed by atoms with Gasteiger partial charge in [-0.15, -0.1) is 0 Å². The number of benzene rings is 1. The SMILES string of the molecule is CO[C@H]1[C@H](Oc2ccc([N+](=O)[O-])cc2)O[C@H](CO)[C@H](O)[C@@H]1OC(=O)O. The standard InChI is InChI=1S/C14H17NO10/c1-22-12-11(25-14(18)19)10(17)9(6-16)24-13(12)23-8-4-2-7(3-5-8)15(20)21/h2-5,9-13,16-17H,6H2,1H3,(H,18,19)/t9-,10+,11+,12-,13-/m1/s1. The van der Waals surface area contributed by atoms with Crippen molar-refractivity contribution in [1.29, 1.82) is 0 Å². The van der Waals surface area contributed by atoms with Crippen molar-refractivity contribution in [2.24, 2.45) is 0 Å². The number of nitro benzene ring substituents is 1. The fourth-order valence-corrected chi connectivity index (χ4v) is 2.42. The third kappa shape index (κ3) is 4.33. The second-order valence-electron chi connectivity index (χ2n) is 5.13. The molecule has 11 nitrogen and oxygen atoms in total. The normalized spacial score (nSPS) is 29.0. The van der Waals surface area contributed by atoms with Gasteiger partial charge in [0.2, 0.25) is 6.29 Å². The molecule has 11 heteroatoms. The predicted octanol–water partition coefficient (Wildman–Crippen LogP) is 0.130. The summed E-state index contributed by atoms with van der Waals surface area (Å²) < 4.78 is 20.7.